The van der Waals surface area contributed by atoms with Crippen LogP contribution in [0.5, 0.6) is 17.2 Å². The van der Waals surface area contributed by atoms with Crippen molar-refractivity contribution in [3.63, 3.8) is 0 Å². The Bertz CT molecular complexity index is 1210. The van der Waals surface area contributed by atoms with Crippen molar-refractivity contribution in [2.45, 2.75) is 13.5 Å². The van der Waals surface area contributed by atoms with Crippen molar-refractivity contribution in [1.29, 1.82) is 0 Å². The van der Waals surface area contributed by atoms with Crippen LogP contribution in [0.3, 0.4) is 0 Å². The summed E-state index contributed by atoms with van der Waals surface area (Å²) in [6, 6.07) is 16.1. The van der Waals surface area contributed by atoms with E-state index in [1.807, 2.05) is 43.3 Å². The fourth-order valence-electron chi connectivity index (χ4n) is 2.99. The third-order valence-corrected chi connectivity index (χ3v) is 5.95. The van der Waals surface area contributed by atoms with Crippen molar-refractivity contribution in [1.82, 2.24) is 5.43 Å². The third kappa shape index (κ3) is 7.85. The highest BCUT2D eigenvalue weighted by Crippen LogP contribution is 2.35. The van der Waals surface area contributed by atoms with Gasteiger partial charge in [0, 0.05) is 10.6 Å². The quantitative estimate of drug-likeness (QED) is 0.140. The van der Waals surface area contributed by atoms with Crippen LogP contribution >= 0.6 is 43.5 Å². The van der Waals surface area contributed by atoms with Gasteiger partial charge in [0.05, 0.1) is 21.8 Å². The maximum Gasteiger partial charge on any atom is 0.271 e. The summed E-state index contributed by atoms with van der Waals surface area (Å²) in [7, 11) is 0. The van der Waals surface area contributed by atoms with E-state index in [9.17, 15) is 4.79 Å². The van der Waals surface area contributed by atoms with Crippen LogP contribution in [0.15, 0.2) is 81.3 Å². The molecular formula is C26H23Br2ClN2O4. The van der Waals surface area contributed by atoms with Crippen LogP contribution in [-0.4, -0.2) is 25.3 Å². The number of hydrogen-bond donors (Lipinski definition) is 1. The first kappa shape index (κ1) is 26.8. The lowest BCUT2D eigenvalue weighted by molar-refractivity contribution is 0.0954. The number of hydrogen-bond acceptors (Lipinski definition) is 5. The number of hydrazone groups is 1. The molecule has 0 fully saturated rings. The van der Waals surface area contributed by atoms with Gasteiger partial charge in [-0.2, -0.15) is 5.10 Å². The zero-order valence-corrected chi connectivity index (χ0v) is 22.8. The maximum absolute atomic E-state index is 12.6. The first-order chi connectivity index (χ1) is 16.9. The molecule has 35 heavy (non-hydrogen) atoms. The molecule has 6 nitrogen and oxygen atoms in total. The van der Waals surface area contributed by atoms with E-state index in [4.69, 9.17) is 25.8 Å². The highest BCUT2D eigenvalue weighted by atomic mass is 79.9. The molecule has 0 aliphatic heterocycles. The predicted molar refractivity (Wildman–Crippen MR) is 146 cm³/mol. The van der Waals surface area contributed by atoms with E-state index in [0.29, 0.717) is 47.7 Å². The van der Waals surface area contributed by atoms with Gasteiger partial charge in [0.25, 0.3) is 5.91 Å². The topological polar surface area (TPSA) is 69.2 Å². The van der Waals surface area contributed by atoms with Gasteiger partial charge in [-0.3, -0.25) is 4.79 Å². The summed E-state index contributed by atoms with van der Waals surface area (Å²) in [6.45, 7) is 6.64. The third-order valence-electron chi connectivity index (χ3n) is 4.53. The van der Waals surface area contributed by atoms with Gasteiger partial charge >= 0.3 is 0 Å². The Morgan fingerprint density at radius 1 is 1.06 bits per heavy atom. The van der Waals surface area contributed by atoms with Crippen molar-refractivity contribution in [3.05, 3.63) is 97.9 Å². The molecule has 0 spiro atoms. The van der Waals surface area contributed by atoms with Crippen molar-refractivity contribution in [2.75, 3.05) is 13.2 Å². The highest BCUT2D eigenvalue weighted by Gasteiger charge is 2.12. The summed E-state index contributed by atoms with van der Waals surface area (Å²) in [6.07, 6.45) is 3.18. The lowest BCUT2D eigenvalue weighted by Gasteiger charge is -2.12. The summed E-state index contributed by atoms with van der Waals surface area (Å²) in [5.41, 5.74) is 4.63. The van der Waals surface area contributed by atoms with Crippen LogP contribution in [0.4, 0.5) is 0 Å². The largest absolute Gasteiger partial charge is 0.490 e. The maximum atomic E-state index is 12.6. The molecule has 1 amide bonds. The van der Waals surface area contributed by atoms with Crippen LogP contribution in [0, 0.1) is 0 Å². The molecular weight excluding hydrogens is 600 g/mol. The summed E-state index contributed by atoms with van der Waals surface area (Å²) in [5, 5.41) is 4.73. The molecule has 0 radical (unpaired) electrons. The number of amides is 1. The molecule has 0 unspecified atom stereocenters. The van der Waals surface area contributed by atoms with Crippen molar-refractivity contribution in [2.24, 2.45) is 5.10 Å². The Balaban J connectivity index is 1.65. The van der Waals surface area contributed by atoms with Gasteiger partial charge in [0.15, 0.2) is 11.5 Å². The Labute approximate surface area is 226 Å². The fourth-order valence-corrected chi connectivity index (χ4v) is 4.65. The molecule has 182 valence electrons. The van der Waals surface area contributed by atoms with Gasteiger partial charge in [-0.25, -0.2) is 5.43 Å². The van der Waals surface area contributed by atoms with E-state index in [0.717, 1.165) is 20.1 Å². The molecule has 0 aliphatic carbocycles. The molecule has 0 heterocycles. The second-order valence-corrected chi connectivity index (χ2v) is 9.27. The van der Waals surface area contributed by atoms with E-state index in [-0.39, 0.29) is 5.91 Å². The second kappa shape index (κ2) is 13.3. The van der Waals surface area contributed by atoms with Gasteiger partial charge in [0.2, 0.25) is 0 Å². The SMILES string of the molecule is C=CCOc1ccc(C(=O)N/N=C/c2cc(Br)c(OCc3cccc(Cl)c3)c(Br)c2)cc1OCC. The minimum atomic E-state index is -0.378. The van der Waals surface area contributed by atoms with E-state index < -0.39 is 0 Å². The van der Waals surface area contributed by atoms with Gasteiger partial charge in [-0.05, 0) is 92.4 Å². The number of carbonyl (C=O) groups excluding carboxylic acids is 1. The van der Waals surface area contributed by atoms with Crippen molar-refractivity contribution in [3.8, 4) is 17.2 Å². The smallest absolute Gasteiger partial charge is 0.271 e. The molecule has 3 rings (SSSR count). The molecule has 0 bridgehead atoms. The van der Waals surface area contributed by atoms with Gasteiger partial charge in [0.1, 0.15) is 19.0 Å². The molecule has 0 atom stereocenters. The molecule has 3 aromatic rings. The number of nitrogens with one attached hydrogen (secondary N) is 1. The molecule has 0 saturated heterocycles. The van der Waals surface area contributed by atoms with Crippen LogP contribution in [-0.2, 0) is 6.61 Å². The molecule has 1 N–H and O–H groups in total. The number of ether oxygens (including phenoxy) is 3. The summed E-state index contributed by atoms with van der Waals surface area (Å²) in [5.74, 6) is 1.29. The number of benzene rings is 3. The average molecular weight is 623 g/mol. The van der Waals surface area contributed by atoms with Crippen molar-refractivity contribution < 1.29 is 19.0 Å². The Kier molecular flexibility index (Phi) is 10.2. The normalized spacial score (nSPS) is 10.7. The molecule has 3 aromatic carbocycles. The minimum absolute atomic E-state index is 0.339. The van der Waals surface area contributed by atoms with E-state index in [1.165, 1.54) is 0 Å². The van der Waals surface area contributed by atoms with Crippen LogP contribution in [0.1, 0.15) is 28.4 Å². The average Bonchev–Trinajstić information content (AvgIpc) is 2.83. The van der Waals surface area contributed by atoms with E-state index in [1.54, 1.807) is 30.5 Å². The number of nitrogens with zero attached hydrogens (tertiary/aromatic N) is 1. The number of halogens is 3. The van der Waals surface area contributed by atoms with E-state index in [2.05, 4.69) is 49.0 Å². The standard InChI is InChI=1S/C26H23Br2ClN2O4/c1-3-10-34-23-9-8-19(14-24(23)33-4-2)26(32)31-30-15-18-12-21(27)25(22(28)13-18)35-16-17-6-5-7-20(29)11-17/h3,5-9,11-15H,1,4,10,16H2,2H3,(H,31,32)/b30-15+. The molecule has 0 saturated carbocycles. The van der Waals surface area contributed by atoms with Gasteiger partial charge in [-0.1, -0.05) is 36.4 Å². The Hall–Kier alpha value is -2.81. The van der Waals surface area contributed by atoms with E-state index >= 15 is 0 Å². The second-order valence-electron chi connectivity index (χ2n) is 7.13. The summed E-state index contributed by atoms with van der Waals surface area (Å²) < 4.78 is 18.6. The first-order valence-corrected chi connectivity index (χ1v) is 12.6. The monoisotopic (exact) mass is 620 g/mol. The Morgan fingerprint density at radius 3 is 2.51 bits per heavy atom. The van der Waals surface area contributed by atoms with Crippen LogP contribution in [0.25, 0.3) is 0 Å². The molecule has 0 aliphatic rings. The first-order valence-electron chi connectivity index (χ1n) is 10.6. The zero-order chi connectivity index (χ0) is 25.2. The zero-order valence-electron chi connectivity index (χ0n) is 18.9. The predicted octanol–water partition coefficient (Wildman–Crippen LogP) is 7.17. The fraction of sp³-hybridized carbons (Fsp3) is 0.154. The number of carbonyl (C=O) groups is 1. The lowest BCUT2D eigenvalue weighted by Crippen LogP contribution is -2.17. The Morgan fingerprint density at radius 2 is 1.83 bits per heavy atom. The summed E-state index contributed by atoms with van der Waals surface area (Å²) >= 11 is 13.1. The minimum Gasteiger partial charge on any atom is -0.490 e. The summed E-state index contributed by atoms with van der Waals surface area (Å²) in [4.78, 5) is 12.6. The molecule has 0 aromatic heterocycles. The van der Waals surface area contributed by atoms with Crippen molar-refractivity contribution >= 4 is 55.6 Å². The molecule has 9 heteroatoms. The van der Waals surface area contributed by atoms with Gasteiger partial charge in [-0.15, -0.1) is 0 Å². The number of rotatable bonds is 11. The van der Waals surface area contributed by atoms with Crippen LogP contribution in [0.2, 0.25) is 5.02 Å². The lowest BCUT2D eigenvalue weighted by atomic mass is 10.2. The highest BCUT2D eigenvalue weighted by molar-refractivity contribution is 9.11. The van der Waals surface area contributed by atoms with Gasteiger partial charge < -0.3 is 14.2 Å². The van der Waals surface area contributed by atoms with Crippen LogP contribution < -0.4 is 19.6 Å².